The summed E-state index contributed by atoms with van der Waals surface area (Å²) in [6, 6.07) is 43.7. The van der Waals surface area contributed by atoms with Crippen LogP contribution in [-0.4, -0.2) is 44.3 Å². The molecule has 61 heavy (non-hydrogen) atoms. The molecule has 0 spiro atoms. The van der Waals surface area contributed by atoms with E-state index in [2.05, 4.69) is 181 Å². The minimum absolute atomic E-state index is 0. The Labute approximate surface area is 368 Å². The molecule has 0 bridgehead atoms. The Morgan fingerprint density at radius 1 is 0.607 bits per heavy atom. The maximum atomic E-state index is 5.64. The lowest BCUT2D eigenvalue weighted by Gasteiger charge is -2.28. The van der Waals surface area contributed by atoms with E-state index in [0.717, 1.165) is 30.2 Å². The molecule has 6 heteroatoms. The lowest BCUT2D eigenvalue weighted by atomic mass is 9.95. The molecule has 324 valence electrons. The van der Waals surface area contributed by atoms with Crippen molar-refractivity contribution in [2.45, 2.75) is 93.9 Å². The number of anilines is 2. The fourth-order valence-corrected chi connectivity index (χ4v) is 6.94. The fourth-order valence-electron chi connectivity index (χ4n) is 6.94. The number of benzene rings is 5. The van der Waals surface area contributed by atoms with Gasteiger partial charge >= 0.3 is 0 Å². The zero-order valence-electron chi connectivity index (χ0n) is 37.1. The van der Waals surface area contributed by atoms with Crippen molar-refractivity contribution in [3.05, 3.63) is 162 Å². The lowest BCUT2D eigenvalue weighted by molar-refractivity contribution is 0.311. The number of pyridine rings is 2. The van der Waals surface area contributed by atoms with Crippen molar-refractivity contribution >= 4 is 33.1 Å². The summed E-state index contributed by atoms with van der Waals surface area (Å²) in [5, 5.41) is 3.95. The molecule has 0 aliphatic carbocycles. The van der Waals surface area contributed by atoms with Gasteiger partial charge in [-0.1, -0.05) is 155 Å². The molecule has 8 rings (SSSR count). The lowest BCUT2D eigenvalue weighted by Crippen LogP contribution is -2.28. The molecular weight excluding hydrogens is 749 g/mol. The third-order valence-corrected chi connectivity index (χ3v) is 10.5. The molecule has 1 aliphatic rings. The second kappa shape index (κ2) is 23.8. The van der Waals surface area contributed by atoms with Crippen LogP contribution in [0.1, 0.15) is 116 Å². The number of hydrogen-bond donors (Lipinski definition) is 0. The number of aromatic nitrogens is 2. The third-order valence-electron chi connectivity index (χ3n) is 10.5. The summed E-state index contributed by atoms with van der Waals surface area (Å²) in [4.78, 5) is 13.1. The van der Waals surface area contributed by atoms with Gasteiger partial charge in [0.25, 0.3) is 0 Å². The van der Waals surface area contributed by atoms with Crippen molar-refractivity contribution in [2.24, 2.45) is 0 Å². The number of hydrogen-bond acceptors (Lipinski definition) is 6. The fraction of sp³-hybridized carbons (Fsp3) is 0.345. The van der Waals surface area contributed by atoms with E-state index in [0.29, 0.717) is 29.6 Å². The molecule has 5 aromatic carbocycles. The maximum Gasteiger partial charge on any atom is 0.219 e. The molecule has 6 nitrogen and oxygen atoms in total. The summed E-state index contributed by atoms with van der Waals surface area (Å²) in [6.07, 6.45) is 3.72. The van der Waals surface area contributed by atoms with Crippen LogP contribution in [0.5, 0.6) is 17.4 Å². The number of para-hydroxylation sites is 2. The van der Waals surface area contributed by atoms with Crippen LogP contribution in [0.4, 0.5) is 11.4 Å². The number of ether oxygens (including phenoxy) is 2. The monoisotopic (exact) mass is 821 g/mol. The van der Waals surface area contributed by atoms with E-state index in [1.165, 1.54) is 49.8 Å². The number of rotatable bonds is 7. The van der Waals surface area contributed by atoms with Crippen molar-refractivity contribution in [1.82, 2.24) is 9.97 Å². The van der Waals surface area contributed by atoms with Crippen molar-refractivity contribution in [3.63, 3.8) is 0 Å². The minimum Gasteiger partial charge on any atom is -0.490 e. The molecule has 7 aromatic rings. The van der Waals surface area contributed by atoms with E-state index in [9.17, 15) is 0 Å². The number of nitrogens with zero attached hydrogens (tertiary/aromatic N) is 4. The van der Waals surface area contributed by atoms with Crippen LogP contribution in [0.15, 0.2) is 140 Å². The average Bonchev–Trinajstić information content (AvgIpc) is 3.24. The van der Waals surface area contributed by atoms with Gasteiger partial charge in [0, 0.05) is 56.1 Å². The van der Waals surface area contributed by atoms with Crippen molar-refractivity contribution in [3.8, 4) is 17.4 Å². The van der Waals surface area contributed by atoms with Crippen molar-refractivity contribution in [2.75, 3.05) is 44.1 Å². The highest BCUT2D eigenvalue weighted by molar-refractivity contribution is 5.96. The van der Waals surface area contributed by atoms with Gasteiger partial charge < -0.3 is 19.3 Å². The predicted octanol–water partition coefficient (Wildman–Crippen LogP) is 15.3. The van der Waals surface area contributed by atoms with Crippen LogP contribution in [0.2, 0.25) is 0 Å². The molecule has 0 fully saturated rings. The number of likely N-dealkylation sites (N-methyl/N-ethyl adjacent to an activating group) is 1. The van der Waals surface area contributed by atoms with Crippen LogP contribution < -0.4 is 19.3 Å². The molecule has 1 aliphatic heterocycles. The van der Waals surface area contributed by atoms with E-state index >= 15 is 0 Å². The first-order chi connectivity index (χ1) is 28.3. The topological polar surface area (TPSA) is 50.7 Å². The Morgan fingerprint density at radius 2 is 1.23 bits per heavy atom. The van der Waals surface area contributed by atoms with Crippen molar-refractivity contribution < 1.29 is 9.47 Å². The summed E-state index contributed by atoms with van der Waals surface area (Å²) >= 11 is 0. The van der Waals surface area contributed by atoms with Crippen LogP contribution in [0.3, 0.4) is 0 Å². The smallest absolute Gasteiger partial charge is 0.219 e. The Balaban J connectivity index is 0.000000215. The van der Waals surface area contributed by atoms with E-state index < -0.39 is 0 Å². The second-order valence-electron chi connectivity index (χ2n) is 16.5. The highest BCUT2D eigenvalue weighted by atomic mass is 16.5. The summed E-state index contributed by atoms with van der Waals surface area (Å²) in [6.45, 7) is 19.4. The molecule has 0 radical (unpaired) electrons. The summed E-state index contributed by atoms with van der Waals surface area (Å²) < 4.78 is 11.2. The molecule has 2 aromatic heterocycles. The quantitative estimate of drug-likeness (QED) is 0.160. The van der Waals surface area contributed by atoms with Crippen LogP contribution in [0, 0.1) is 0 Å². The van der Waals surface area contributed by atoms with Gasteiger partial charge in [-0.3, -0.25) is 4.98 Å². The average molecular weight is 821 g/mol. The first-order valence-corrected chi connectivity index (χ1v) is 21.0. The Kier molecular flexibility index (Phi) is 19.3. The van der Waals surface area contributed by atoms with Crippen molar-refractivity contribution in [1.29, 1.82) is 0 Å². The van der Waals surface area contributed by atoms with E-state index in [1.807, 2.05) is 54.9 Å². The zero-order chi connectivity index (χ0) is 42.5. The summed E-state index contributed by atoms with van der Waals surface area (Å²) in [5.41, 5.74) is 8.97. The molecular formula is C55H72N4O2. The van der Waals surface area contributed by atoms with Gasteiger partial charge in [0.05, 0.1) is 17.7 Å². The van der Waals surface area contributed by atoms with Gasteiger partial charge in [-0.2, -0.15) is 0 Å². The molecule has 0 saturated carbocycles. The Bertz CT molecular complexity index is 2300. The first-order valence-electron chi connectivity index (χ1n) is 21.0. The molecule has 3 heterocycles. The molecule has 0 N–H and O–H groups in total. The van der Waals surface area contributed by atoms with Gasteiger partial charge in [0.15, 0.2) is 0 Å². The maximum absolute atomic E-state index is 5.64. The molecule has 0 saturated heterocycles. The highest BCUT2D eigenvalue weighted by Crippen LogP contribution is 2.34. The largest absolute Gasteiger partial charge is 0.490 e. The summed E-state index contributed by atoms with van der Waals surface area (Å²) in [5.74, 6) is 4.65. The highest BCUT2D eigenvalue weighted by Gasteiger charge is 2.15. The van der Waals surface area contributed by atoms with Crippen LogP contribution in [-0.2, 0) is 0 Å². The van der Waals surface area contributed by atoms with Crippen LogP contribution >= 0.6 is 0 Å². The van der Waals surface area contributed by atoms with Gasteiger partial charge in [-0.05, 0) is 87.7 Å². The SMILES string of the molecule is C.C.CC(C)c1ccc(Oc2ccccc2)nc1.CC(C)c1ccc2c(c1)OCCN2C.CC(C)c1cccc2c(N(C)C)cccc12.CC(C)c1cccc2cccnc12. The minimum atomic E-state index is 0. The van der Waals surface area contributed by atoms with Crippen LogP contribution in [0.25, 0.3) is 21.7 Å². The van der Waals surface area contributed by atoms with E-state index in [4.69, 9.17) is 9.47 Å². The predicted molar refractivity (Wildman–Crippen MR) is 266 cm³/mol. The molecule has 0 amide bonds. The standard InChI is InChI=1S/C15H19N.C14H15NO.C12H17NO.C12H13N.2CH4/c1-11(2)12-7-5-9-14-13(12)8-6-10-15(14)16(3)4;1-11(2)12-8-9-14(15-10-12)16-13-6-4-3-5-7-13;1-9(2)10-4-5-11-12(8-10)14-7-6-13(11)3;1-9(2)11-7-3-5-10-6-4-8-13-12(10)11;;/h5-11H,1-4H3;3-11H,1-2H3;4-5,8-9H,6-7H2,1-3H3;3-9H,1-2H3;2*1H4. The van der Waals surface area contributed by atoms with Gasteiger partial charge in [-0.25, -0.2) is 4.98 Å². The Morgan fingerprint density at radius 3 is 1.87 bits per heavy atom. The Hall–Kier alpha value is -5.88. The number of fused-ring (bicyclic) bond motifs is 3. The summed E-state index contributed by atoms with van der Waals surface area (Å²) in [7, 11) is 6.30. The third kappa shape index (κ3) is 13.6. The first kappa shape index (κ1) is 49.5. The van der Waals surface area contributed by atoms with Gasteiger partial charge in [-0.15, -0.1) is 0 Å². The zero-order valence-corrected chi connectivity index (χ0v) is 37.1. The second-order valence-corrected chi connectivity index (χ2v) is 16.5. The van der Waals surface area contributed by atoms with E-state index in [1.54, 1.807) is 0 Å². The van der Waals surface area contributed by atoms with Gasteiger partial charge in [0.1, 0.15) is 18.1 Å². The molecule has 0 atom stereocenters. The molecule has 0 unspecified atom stereocenters. The van der Waals surface area contributed by atoms with Gasteiger partial charge in [0.2, 0.25) is 5.88 Å². The normalized spacial score (nSPS) is 11.5. The van der Waals surface area contributed by atoms with E-state index in [-0.39, 0.29) is 14.9 Å².